The van der Waals surface area contributed by atoms with Crippen molar-refractivity contribution in [1.29, 1.82) is 0 Å². The first-order valence-corrected chi connectivity index (χ1v) is 8.91. The largest absolute Gasteiger partial charge is 0.377 e. The van der Waals surface area contributed by atoms with Gasteiger partial charge in [0.05, 0.1) is 6.10 Å². The topological polar surface area (TPSA) is 50.4 Å². The number of anilines is 1. The van der Waals surface area contributed by atoms with E-state index in [2.05, 4.69) is 16.7 Å². The second-order valence-corrected chi connectivity index (χ2v) is 6.69. The zero-order valence-electron chi connectivity index (χ0n) is 14.9. The molecule has 2 atom stereocenters. The normalized spacial score (nSPS) is 18.1. The van der Waals surface area contributed by atoms with E-state index in [1.807, 2.05) is 56.3 Å². The summed E-state index contributed by atoms with van der Waals surface area (Å²) >= 11 is 0. The summed E-state index contributed by atoms with van der Waals surface area (Å²) in [6.45, 7) is 5.53. The van der Waals surface area contributed by atoms with Crippen LogP contribution in [0.15, 0.2) is 48.5 Å². The molecule has 1 aliphatic rings. The van der Waals surface area contributed by atoms with Gasteiger partial charge in [0.15, 0.2) is 0 Å². The van der Waals surface area contributed by atoms with E-state index in [4.69, 9.17) is 4.74 Å². The summed E-state index contributed by atoms with van der Waals surface area (Å²) in [6.07, 6.45) is 2.34. The fourth-order valence-electron chi connectivity index (χ4n) is 3.14. The zero-order valence-corrected chi connectivity index (χ0v) is 14.9. The molecule has 3 rings (SSSR count). The van der Waals surface area contributed by atoms with E-state index < -0.39 is 6.04 Å². The van der Waals surface area contributed by atoms with Gasteiger partial charge in [0.1, 0.15) is 6.04 Å². The van der Waals surface area contributed by atoms with E-state index in [1.54, 1.807) is 0 Å². The number of nitrogens with one attached hydrogen (secondary N) is 2. The highest BCUT2D eigenvalue weighted by atomic mass is 16.5. The summed E-state index contributed by atoms with van der Waals surface area (Å²) in [5.41, 5.74) is 4.02. The van der Waals surface area contributed by atoms with Gasteiger partial charge in [-0.2, -0.15) is 0 Å². The number of aryl methyl sites for hydroxylation is 2. The molecule has 0 bridgehead atoms. The number of benzene rings is 2. The van der Waals surface area contributed by atoms with Crippen molar-refractivity contribution >= 4 is 11.6 Å². The average Bonchev–Trinajstić information content (AvgIpc) is 3.13. The highest BCUT2D eigenvalue weighted by Crippen LogP contribution is 2.21. The lowest BCUT2D eigenvalue weighted by atomic mass is 10.0. The molecule has 1 aliphatic heterocycles. The van der Waals surface area contributed by atoms with Crippen LogP contribution in [0.2, 0.25) is 0 Å². The Bertz CT molecular complexity index is 709. The van der Waals surface area contributed by atoms with Crippen LogP contribution in [0.25, 0.3) is 0 Å². The smallest absolute Gasteiger partial charge is 0.246 e. The number of carbonyl (C=O) groups excluding carboxylic acids is 1. The molecule has 0 saturated carbocycles. The first kappa shape index (κ1) is 17.6. The number of amides is 1. The van der Waals surface area contributed by atoms with Crippen molar-refractivity contribution in [3.63, 3.8) is 0 Å². The summed E-state index contributed by atoms with van der Waals surface area (Å²) < 4.78 is 5.68. The molecule has 132 valence electrons. The minimum atomic E-state index is -0.398. The van der Waals surface area contributed by atoms with Gasteiger partial charge in [-0.15, -0.1) is 0 Å². The Morgan fingerprint density at radius 2 is 2.00 bits per heavy atom. The van der Waals surface area contributed by atoms with Crippen LogP contribution in [-0.4, -0.2) is 25.2 Å². The van der Waals surface area contributed by atoms with E-state index >= 15 is 0 Å². The lowest BCUT2D eigenvalue weighted by molar-refractivity contribution is -0.118. The average molecular weight is 338 g/mol. The fraction of sp³-hybridized carbons (Fsp3) is 0.381. The van der Waals surface area contributed by atoms with Crippen molar-refractivity contribution in [2.24, 2.45) is 0 Å². The lowest BCUT2D eigenvalue weighted by Gasteiger charge is -2.21. The minimum Gasteiger partial charge on any atom is -0.377 e. The van der Waals surface area contributed by atoms with Gasteiger partial charge in [0, 0.05) is 18.8 Å². The van der Waals surface area contributed by atoms with Crippen LogP contribution in [0, 0.1) is 13.8 Å². The van der Waals surface area contributed by atoms with Crippen LogP contribution in [0.5, 0.6) is 0 Å². The molecule has 0 unspecified atom stereocenters. The van der Waals surface area contributed by atoms with Crippen LogP contribution < -0.4 is 10.6 Å². The highest BCUT2D eigenvalue weighted by Gasteiger charge is 2.23. The van der Waals surface area contributed by atoms with Gasteiger partial charge in [-0.05, 0) is 49.4 Å². The van der Waals surface area contributed by atoms with E-state index in [-0.39, 0.29) is 12.0 Å². The summed E-state index contributed by atoms with van der Waals surface area (Å²) in [4.78, 5) is 13.0. The van der Waals surface area contributed by atoms with Crippen molar-refractivity contribution in [2.45, 2.75) is 38.8 Å². The fourth-order valence-corrected chi connectivity index (χ4v) is 3.14. The number of ether oxygens (including phenoxy) is 1. The highest BCUT2D eigenvalue weighted by molar-refractivity contribution is 5.96. The summed E-state index contributed by atoms with van der Waals surface area (Å²) in [5.74, 6) is -0.0436. The van der Waals surface area contributed by atoms with Gasteiger partial charge >= 0.3 is 0 Å². The Morgan fingerprint density at radius 3 is 2.72 bits per heavy atom. The van der Waals surface area contributed by atoms with E-state index in [1.165, 1.54) is 0 Å². The number of hydrogen-bond acceptors (Lipinski definition) is 3. The van der Waals surface area contributed by atoms with Crippen molar-refractivity contribution < 1.29 is 9.53 Å². The number of carbonyl (C=O) groups is 1. The second kappa shape index (κ2) is 8.28. The molecule has 2 aromatic rings. The molecule has 25 heavy (non-hydrogen) atoms. The van der Waals surface area contributed by atoms with Crippen molar-refractivity contribution in [3.05, 3.63) is 65.2 Å². The third-order valence-corrected chi connectivity index (χ3v) is 4.62. The first-order chi connectivity index (χ1) is 12.1. The zero-order chi connectivity index (χ0) is 17.6. The molecular weight excluding hydrogens is 312 g/mol. The van der Waals surface area contributed by atoms with E-state index in [0.717, 1.165) is 41.8 Å². The maximum atomic E-state index is 13.0. The molecule has 1 amide bonds. The SMILES string of the molecule is Cc1ccc(C)c(NC(=O)[C@@H](NC[C@H]2CCCO2)c2ccccc2)c1. The minimum absolute atomic E-state index is 0.0436. The van der Waals surface area contributed by atoms with Gasteiger partial charge in [0.25, 0.3) is 0 Å². The van der Waals surface area contributed by atoms with Gasteiger partial charge in [-0.25, -0.2) is 0 Å². The van der Waals surface area contributed by atoms with Crippen molar-refractivity contribution in [3.8, 4) is 0 Å². The first-order valence-electron chi connectivity index (χ1n) is 8.91. The van der Waals surface area contributed by atoms with Crippen LogP contribution in [-0.2, 0) is 9.53 Å². The predicted octanol–water partition coefficient (Wildman–Crippen LogP) is 3.75. The molecule has 2 aromatic carbocycles. The van der Waals surface area contributed by atoms with E-state index in [9.17, 15) is 4.79 Å². The van der Waals surface area contributed by atoms with Gasteiger partial charge in [0.2, 0.25) is 5.91 Å². The van der Waals surface area contributed by atoms with Crippen LogP contribution in [0.3, 0.4) is 0 Å². The maximum Gasteiger partial charge on any atom is 0.246 e. The van der Waals surface area contributed by atoms with Crippen molar-refractivity contribution in [1.82, 2.24) is 5.32 Å². The van der Waals surface area contributed by atoms with Crippen molar-refractivity contribution in [2.75, 3.05) is 18.5 Å². The molecular formula is C21H26N2O2. The van der Waals surface area contributed by atoms with Crippen LogP contribution in [0.1, 0.15) is 35.6 Å². The molecule has 0 spiro atoms. The number of hydrogen-bond donors (Lipinski definition) is 2. The second-order valence-electron chi connectivity index (χ2n) is 6.69. The molecule has 2 N–H and O–H groups in total. The molecule has 1 heterocycles. The van der Waals surface area contributed by atoms with Gasteiger partial charge < -0.3 is 10.1 Å². The molecule has 4 nitrogen and oxygen atoms in total. The lowest BCUT2D eigenvalue weighted by Crippen LogP contribution is -2.37. The maximum absolute atomic E-state index is 13.0. The Labute approximate surface area is 149 Å². The van der Waals surface area contributed by atoms with Gasteiger partial charge in [-0.1, -0.05) is 42.5 Å². The quantitative estimate of drug-likeness (QED) is 0.843. The Balaban J connectivity index is 1.75. The molecule has 1 saturated heterocycles. The van der Waals surface area contributed by atoms with Crippen LogP contribution in [0.4, 0.5) is 5.69 Å². The molecule has 4 heteroatoms. The van der Waals surface area contributed by atoms with Crippen LogP contribution >= 0.6 is 0 Å². The number of rotatable bonds is 6. The van der Waals surface area contributed by atoms with Gasteiger partial charge in [-0.3, -0.25) is 10.1 Å². The Kier molecular flexibility index (Phi) is 5.84. The summed E-state index contributed by atoms with van der Waals surface area (Å²) in [6, 6.07) is 15.5. The predicted molar refractivity (Wildman–Crippen MR) is 101 cm³/mol. The molecule has 0 radical (unpaired) electrons. The van der Waals surface area contributed by atoms with E-state index in [0.29, 0.717) is 6.54 Å². The third-order valence-electron chi connectivity index (χ3n) is 4.62. The molecule has 0 aromatic heterocycles. The standard InChI is InChI=1S/C21H26N2O2/c1-15-10-11-16(2)19(13-15)23-21(24)20(17-7-4-3-5-8-17)22-14-18-9-6-12-25-18/h3-5,7-8,10-11,13,18,20,22H,6,9,12,14H2,1-2H3,(H,23,24)/t18-,20+/m1/s1. The molecule has 0 aliphatic carbocycles. The monoisotopic (exact) mass is 338 g/mol. The Morgan fingerprint density at radius 1 is 1.20 bits per heavy atom. The summed E-state index contributed by atoms with van der Waals surface area (Å²) in [7, 11) is 0. The molecule has 1 fully saturated rings. The Hall–Kier alpha value is -2.17. The summed E-state index contributed by atoms with van der Waals surface area (Å²) in [5, 5.41) is 6.48. The third kappa shape index (κ3) is 4.68.